The van der Waals surface area contributed by atoms with E-state index in [2.05, 4.69) is 45.4 Å². The maximum Gasteiger partial charge on any atom is 0.258 e. The summed E-state index contributed by atoms with van der Waals surface area (Å²) in [6, 6.07) is 12.5. The first kappa shape index (κ1) is 24.5. The number of rotatable bonds is 10. The Morgan fingerprint density at radius 3 is 2.63 bits per heavy atom. The van der Waals surface area contributed by atoms with Gasteiger partial charge in [0.2, 0.25) is 0 Å². The average Bonchev–Trinajstić information content (AvgIpc) is 3.37. The molecule has 6 nitrogen and oxygen atoms in total. The van der Waals surface area contributed by atoms with Gasteiger partial charge in [-0.3, -0.25) is 9.79 Å². The Balaban J connectivity index is 0.00000320. The van der Waals surface area contributed by atoms with E-state index in [0.717, 1.165) is 38.3 Å². The molecular weight excluding hydrogens is 511 g/mol. The number of carbonyl (C=O) groups excluding carboxylic acids is 1. The number of nitrogens with one attached hydrogen (secondary N) is 3. The molecule has 164 valence electrons. The number of carbonyl (C=O) groups is 1. The minimum atomic E-state index is -0.0481. The number of thiophene rings is 1. The van der Waals surface area contributed by atoms with Gasteiger partial charge in [-0.2, -0.15) is 0 Å². The maximum atomic E-state index is 11.7. The molecule has 1 unspecified atom stereocenters. The molecule has 0 saturated heterocycles. The fraction of sp³-hybridized carbons (Fsp3) is 0.455. The smallest absolute Gasteiger partial charge is 0.258 e. The molecule has 1 heterocycles. The van der Waals surface area contributed by atoms with Gasteiger partial charge in [-0.15, -0.1) is 35.3 Å². The number of halogens is 1. The van der Waals surface area contributed by atoms with Crippen molar-refractivity contribution in [3.8, 4) is 5.75 Å². The third-order valence-corrected chi connectivity index (χ3v) is 5.87. The minimum Gasteiger partial charge on any atom is -0.484 e. The van der Waals surface area contributed by atoms with Crippen LogP contribution in [-0.2, 0) is 11.2 Å². The van der Waals surface area contributed by atoms with E-state index in [0.29, 0.717) is 17.7 Å². The number of ether oxygens (including phenoxy) is 1. The van der Waals surface area contributed by atoms with Gasteiger partial charge in [0.1, 0.15) is 5.75 Å². The van der Waals surface area contributed by atoms with E-state index in [1.54, 1.807) is 18.4 Å². The van der Waals surface area contributed by atoms with Gasteiger partial charge in [0, 0.05) is 37.0 Å². The van der Waals surface area contributed by atoms with Crippen LogP contribution in [0.5, 0.6) is 5.75 Å². The van der Waals surface area contributed by atoms with Crippen molar-refractivity contribution in [3.63, 3.8) is 0 Å². The Morgan fingerprint density at radius 1 is 1.23 bits per heavy atom. The van der Waals surface area contributed by atoms with Gasteiger partial charge >= 0.3 is 0 Å². The van der Waals surface area contributed by atoms with Gasteiger partial charge < -0.3 is 20.7 Å². The third-order valence-electron chi connectivity index (χ3n) is 4.77. The zero-order chi connectivity index (χ0) is 20.5. The number of aliphatic imine (C=N–C) groups is 1. The second-order valence-electron chi connectivity index (χ2n) is 7.32. The van der Waals surface area contributed by atoms with Crippen molar-refractivity contribution in [3.05, 3.63) is 52.2 Å². The fourth-order valence-electron chi connectivity index (χ4n) is 2.87. The van der Waals surface area contributed by atoms with Crippen LogP contribution in [0.15, 0.2) is 46.8 Å². The Bertz CT molecular complexity index is 792. The zero-order valence-electron chi connectivity index (χ0n) is 17.5. The summed E-state index contributed by atoms with van der Waals surface area (Å²) in [5.74, 6) is 1.93. The van der Waals surface area contributed by atoms with E-state index in [9.17, 15) is 4.79 Å². The second-order valence-corrected chi connectivity index (χ2v) is 8.30. The van der Waals surface area contributed by atoms with Crippen LogP contribution in [0.1, 0.15) is 36.1 Å². The van der Waals surface area contributed by atoms with E-state index >= 15 is 0 Å². The van der Waals surface area contributed by atoms with Crippen molar-refractivity contribution in [2.45, 2.75) is 38.1 Å². The molecule has 3 N–H and O–H groups in total. The number of hydrogen-bond donors (Lipinski definition) is 3. The summed E-state index contributed by atoms with van der Waals surface area (Å²) < 4.78 is 5.54. The third kappa shape index (κ3) is 8.51. The van der Waals surface area contributed by atoms with Gasteiger partial charge in [-0.25, -0.2) is 0 Å². The van der Waals surface area contributed by atoms with E-state index in [1.807, 2.05) is 24.3 Å². The maximum absolute atomic E-state index is 11.7. The Kier molecular flexibility index (Phi) is 10.4. The normalized spacial score (nSPS) is 14.4. The largest absolute Gasteiger partial charge is 0.484 e. The van der Waals surface area contributed by atoms with Gasteiger partial charge in [-0.1, -0.05) is 25.1 Å². The van der Waals surface area contributed by atoms with Crippen LogP contribution in [0.25, 0.3) is 0 Å². The van der Waals surface area contributed by atoms with E-state index in [1.165, 1.54) is 10.4 Å². The van der Waals surface area contributed by atoms with Crippen molar-refractivity contribution in [2.75, 3.05) is 26.7 Å². The molecule has 1 fully saturated rings. The zero-order valence-corrected chi connectivity index (χ0v) is 20.7. The van der Waals surface area contributed by atoms with Gasteiger partial charge in [0.25, 0.3) is 5.91 Å². The first-order chi connectivity index (χ1) is 14.1. The molecule has 1 amide bonds. The van der Waals surface area contributed by atoms with Crippen LogP contribution >= 0.6 is 35.3 Å². The highest BCUT2D eigenvalue weighted by molar-refractivity contribution is 14.0. The van der Waals surface area contributed by atoms with E-state index < -0.39 is 0 Å². The molecule has 0 aliphatic heterocycles. The van der Waals surface area contributed by atoms with Crippen LogP contribution in [-0.4, -0.2) is 44.7 Å². The lowest BCUT2D eigenvalue weighted by atomic mass is 10.1. The molecule has 30 heavy (non-hydrogen) atoms. The van der Waals surface area contributed by atoms with Gasteiger partial charge in [-0.05, 0) is 48.4 Å². The van der Waals surface area contributed by atoms with Gasteiger partial charge in [0.15, 0.2) is 12.6 Å². The Hall–Kier alpha value is -1.81. The number of hydrogen-bond acceptors (Lipinski definition) is 4. The predicted octanol–water partition coefficient (Wildman–Crippen LogP) is 3.53. The van der Waals surface area contributed by atoms with Crippen molar-refractivity contribution >= 4 is 47.2 Å². The first-order valence-electron chi connectivity index (χ1n) is 10.1. The summed E-state index contributed by atoms with van der Waals surface area (Å²) in [6.07, 6.45) is 3.05. The molecule has 1 aliphatic rings. The number of amides is 1. The molecule has 1 atom stereocenters. The molecule has 0 radical (unpaired) electrons. The van der Waals surface area contributed by atoms with Crippen molar-refractivity contribution < 1.29 is 9.53 Å². The summed E-state index contributed by atoms with van der Waals surface area (Å²) in [6.45, 7) is 3.92. The molecule has 1 aromatic carbocycles. The predicted molar refractivity (Wildman–Crippen MR) is 134 cm³/mol. The lowest BCUT2D eigenvalue weighted by Crippen LogP contribution is -2.39. The number of nitrogens with zero attached hydrogens (tertiary/aromatic N) is 1. The summed E-state index contributed by atoms with van der Waals surface area (Å²) in [7, 11) is 1.79. The number of benzene rings is 1. The lowest BCUT2D eigenvalue weighted by molar-refractivity contribution is -0.123. The summed E-state index contributed by atoms with van der Waals surface area (Å²) in [5.41, 5.74) is 1.20. The molecule has 0 spiro atoms. The number of guanidine groups is 1. The average molecular weight is 542 g/mol. The first-order valence-corrected chi connectivity index (χ1v) is 11.0. The van der Waals surface area contributed by atoms with E-state index in [-0.39, 0.29) is 36.5 Å². The lowest BCUT2D eigenvalue weighted by Gasteiger charge is -2.15. The standard InChI is InChI=1S/C22H30N4O2S.HI/c1-16(20-4-3-13-29-20)14-25-22(23-2)24-12-11-17-5-9-19(10-6-17)28-15-21(27)26-18-7-8-18;/h3-6,9-10,13,16,18H,7-8,11-12,14-15H2,1-2H3,(H,26,27)(H2,23,24,25);1H. The summed E-state index contributed by atoms with van der Waals surface area (Å²) in [4.78, 5) is 17.3. The van der Waals surface area contributed by atoms with Crippen LogP contribution in [0, 0.1) is 0 Å². The van der Waals surface area contributed by atoms with Crippen molar-refractivity contribution in [2.24, 2.45) is 4.99 Å². The molecular formula is C22H31IN4O2S. The van der Waals surface area contributed by atoms with Crippen molar-refractivity contribution in [1.29, 1.82) is 0 Å². The fourth-order valence-corrected chi connectivity index (χ4v) is 3.65. The monoisotopic (exact) mass is 542 g/mol. The molecule has 1 aromatic heterocycles. The van der Waals surface area contributed by atoms with Gasteiger partial charge in [0.05, 0.1) is 0 Å². The summed E-state index contributed by atoms with van der Waals surface area (Å²) >= 11 is 1.78. The van der Waals surface area contributed by atoms with Crippen LogP contribution in [0.3, 0.4) is 0 Å². The molecule has 1 aliphatic carbocycles. The topological polar surface area (TPSA) is 74.8 Å². The van der Waals surface area contributed by atoms with Crippen molar-refractivity contribution in [1.82, 2.24) is 16.0 Å². The highest BCUT2D eigenvalue weighted by atomic mass is 127. The molecule has 2 aromatic rings. The van der Waals surface area contributed by atoms with Crippen LogP contribution in [0.2, 0.25) is 0 Å². The van der Waals surface area contributed by atoms with Crippen LogP contribution < -0.4 is 20.7 Å². The Labute approximate surface area is 199 Å². The minimum absolute atomic E-state index is 0. The molecule has 3 rings (SSSR count). The highest BCUT2D eigenvalue weighted by Gasteiger charge is 2.23. The molecule has 0 bridgehead atoms. The second kappa shape index (κ2) is 12.8. The highest BCUT2D eigenvalue weighted by Crippen LogP contribution is 2.20. The molecule has 8 heteroatoms. The SMILES string of the molecule is CN=C(NCCc1ccc(OCC(=O)NC2CC2)cc1)NCC(C)c1cccs1.I. The Morgan fingerprint density at radius 2 is 2.00 bits per heavy atom. The molecule has 1 saturated carbocycles. The summed E-state index contributed by atoms with van der Waals surface area (Å²) in [5, 5.41) is 11.8. The van der Waals surface area contributed by atoms with Crippen LogP contribution in [0.4, 0.5) is 0 Å². The quantitative estimate of drug-likeness (QED) is 0.244. The van der Waals surface area contributed by atoms with E-state index in [4.69, 9.17) is 4.74 Å².